The Hall–Kier alpha value is -7.14. The van der Waals surface area contributed by atoms with Crippen LogP contribution in [0.4, 0.5) is 0 Å². The first-order valence-electron chi connectivity index (χ1n) is 23.0. The number of rotatable bonds is 26. The molecule has 0 fully saturated rings. The van der Waals surface area contributed by atoms with Gasteiger partial charge >= 0.3 is 11.9 Å². The highest BCUT2D eigenvalue weighted by molar-refractivity contribution is 6.32. The van der Waals surface area contributed by atoms with E-state index in [1.165, 1.54) is 13.2 Å². The summed E-state index contributed by atoms with van der Waals surface area (Å²) in [5.74, 6) is 0.389. The first-order valence-corrected chi connectivity index (χ1v) is 23.7. The molecule has 0 saturated carbocycles. The molecule has 4 aromatic carbocycles. The van der Waals surface area contributed by atoms with Crippen LogP contribution in [0.3, 0.4) is 0 Å². The van der Waals surface area contributed by atoms with Gasteiger partial charge in [-0.1, -0.05) is 65.7 Å². The summed E-state index contributed by atoms with van der Waals surface area (Å²) in [6.45, 7) is 6.08. The van der Waals surface area contributed by atoms with Crippen LogP contribution >= 0.6 is 23.2 Å². The Bertz CT molecular complexity index is 2910. The maximum Gasteiger partial charge on any atom is 0.328 e. The second kappa shape index (κ2) is 27.5. The Morgan fingerprint density at radius 3 is 1.62 bits per heavy atom. The third-order valence-electron chi connectivity index (χ3n) is 11.3. The van der Waals surface area contributed by atoms with Gasteiger partial charge in [-0.3, -0.25) is 24.7 Å². The Morgan fingerprint density at radius 2 is 1.15 bits per heavy atom. The average Bonchev–Trinajstić information content (AvgIpc) is 3.36. The van der Waals surface area contributed by atoms with Gasteiger partial charge < -0.3 is 44.5 Å². The molecule has 1 atom stereocenters. The predicted octanol–water partition coefficient (Wildman–Crippen LogP) is 9.22. The second-order valence-corrected chi connectivity index (χ2v) is 17.4. The molecule has 17 heteroatoms. The lowest BCUT2D eigenvalue weighted by Gasteiger charge is -2.19. The van der Waals surface area contributed by atoms with Crippen molar-refractivity contribution < 1.29 is 43.5 Å². The second-order valence-electron chi connectivity index (χ2n) is 16.6. The van der Waals surface area contributed by atoms with E-state index in [1.807, 2.05) is 36.4 Å². The van der Waals surface area contributed by atoms with Crippen molar-refractivity contribution in [3.63, 3.8) is 0 Å². The molecule has 0 amide bonds. The van der Waals surface area contributed by atoms with Crippen molar-refractivity contribution >= 4 is 47.6 Å². The van der Waals surface area contributed by atoms with Gasteiger partial charge in [-0.2, -0.15) is 0 Å². The highest BCUT2D eigenvalue weighted by atomic mass is 35.5. The zero-order valence-electron chi connectivity index (χ0n) is 40.8. The molecule has 0 spiro atoms. The maximum absolute atomic E-state index is 11.7. The molecule has 0 aliphatic rings. The number of pyridine rings is 2. The van der Waals surface area contributed by atoms with Gasteiger partial charge in [0, 0.05) is 129 Å². The molecule has 1 unspecified atom stereocenters. The third kappa shape index (κ3) is 15.9. The molecular weight excluding hydrogens is 960 g/mol. The van der Waals surface area contributed by atoms with Gasteiger partial charge in [0.05, 0.1) is 29.7 Å². The van der Waals surface area contributed by atoms with E-state index in [0.717, 1.165) is 72.8 Å². The number of carbonyl (C=O) groups excluding carboxylic acids is 1. The fourth-order valence-corrected chi connectivity index (χ4v) is 8.08. The highest BCUT2D eigenvalue weighted by Crippen LogP contribution is 2.37. The number of esters is 1. The molecule has 4 N–H and O–H groups in total. The van der Waals surface area contributed by atoms with Gasteiger partial charge in [-0.25, -0.2) is 4.79 Å². The molecule has 6 rings (SSSR count). The Morgan fingerprint density at radius 1 is 0.667 bits per heavy atom. The lowest BCUT2D eigenvalue weighted by Crippen LogP contribution is -2.28. The number of aliphatic hydroxyl groups excluding tert-OH is 1. The van der Waals surface area contributed by atoms with Crippen LogP contribution in [0.2, 0.25) is 10.0 Å². The molecule has 15 nitrogen and oxygen atoms in total. The molecule has 6 aromatic rings. The lowest BCUT2D eigenvalue weighted by molar-refractivity contribution is -0.142. The van der Waals surface area contributed by atoms with Crippen molar-refractivity contribution in [1.29, 1.82) is 0 Å². The minimum absolute atomic E-state index is 0.138. The molecular formula is C55H58Cl2N6O9. The minimum atomic E-state index is -1.02. The third-order valence-corrected chi connectivity index (χ3v) is 11.9. The monoisotopic (exact) mass is 1020 g/mol. The Balaban J connectivity index is 1.18. The number of aliphatic imine (C=N–C) groups is 2. The SMILES string of the molecule is C/N=C\c1cncc(COc2cc(OCc3cccc(-c4cccc(COc5cc(OCc6cncc(/C=N/C)c6)c(CNC/C=C\C(=O)O)cc5Cl)c4C)c3C)c(Cl)cc2CNCC(O)CC(=O)OC)c1. The summed E-state index contributed by atoms with van der Waals surface area (Å²) in [6, 6.07) is 23.2. The first-order chi connectivity index (χ1) is 34.8. The summed E-state index contributed by atoms with van der Waals surface area (Å²) in [6.07, 6.45) is 11.9. The number of benzene rings is 4. The van der Waals surface area contributed by atoms with Crippen LogP contribution in [-0.2, 0) is 53.8 Å². The number of carboxylic acids is 1. The Labute approximate surface area is 429 Å². The van der Waals surface area contributed by atoms with Gasteiger partial charge in [0.25, 0.3) is 0 Å². The smallest absolute Gasteiger partial charge is 0.328 e. The van der Waals surface area contributed by atoms with Gasteiger partial charge in [0.1, 0.15) is 49.4 Å². The van der Waals surface area contributed by atoms with E-state index in [0.29, 0.717) is 46.1 Å². The van der Waals surface area contributed by atoms with E-state index in [4.69, 9.17) is 47.3 Å². The highest BCUT2D eigenvalue weighted by Gasteiger charge is 2.18. The number of hydrogen-bond acceptors (Lipinski definition) is 14. The number of aliphatic hydroxyl groups is 1. The summed E-state index contributed by atoms with van der Waals surface area (Å²) in [5.41, 5.74) is 10.9. The molecule has 2 aromatic heterocycles. The van der Waals surface area contributed by atoms with E-state index in [2.05, 4.69) is 61.3 Å². The normalized spacial score (nSPS) is 11.9. The summed E-state index contributed by atoms with van der Waals surface area (Å²) in [4.78, 5) is 39.4. The van der Waals surface area contributed by atoms with Crippen molar-refractivity contribution in [3.05, 3.63) is 175 Å². The number of ether oxygens (including phenoxy) is 5. The van der Waals surface area contributed by atoms with Crippen LogP contribution in [-0.4, -0.2) is 84.9 Å². The van der Waals surface area contributed by atoms with Crippen molar-refractivity contribution in [2.24, 2.45) is 9.98 Å². The summed E-state index contributed by atoms with van der Waals surface area (Å²) >= 11 is 13.7. The molecule has 2 heterocycles. The molecule has 376 valence electrons. The number of nitrogens with zero attached hydrogens (tertiary/aromatic N) is 4. The predicted molar refractivity (Wildman–Crippen MR) is 280 cm³/mol. The molecule has 0 bridgehead atoms. The fraction of sp³-hybridized carbons (Fsp3) is 0.273. The van der Waals surface area contributed by atoms with E-state index in [1.54, 1.807) is 75.6 Å². The van der Waals surface area contributed by atoms with Gasteiger partial charge in [-0.05, 0) is 71.5 Å². The number of carbonyl (C=O) groups is 2. The van der Waals surface area contributed by atoms with Crippen LogP contribution in [0, 0.1) is 13.8 Å². The van der Waals surface area contributed by atoms with Crippen LogP contribution in [0.5, 0.6) is 23.0 Å². The number of aliphatic carboxylic acids is 1. The zero-order chi connectivity index (χ0) is 51.4. The lowest BCUT2D eigenvalue weighted by atomic mass is 9.92. The summed E-state index contributed by atoms with van der Waals surface area (Å²) < 4.78 is 30.2. The van der Waals surface area contributed by atoms with Crippen molar-refractivity contribution in [2.75, 3.05) is 34.3 Å². The first kappa shape index (κ1) is 54.2. The summed E-state index contributed by atoms with van der Waals surface area (Å²) in [5, 5.41) is 26.5. The van der Waals surface area contributed by atoms with E-state index >= 15 is 0 Å². The largest absolute Gasteiger partial charge is 0.488 e. The number of methoxy groups -OCH3 is 1. The standard InChI is InChI=1S/C55H58Cl2N6O9/c1-35-41(33-71-52-20-50(69-31-39-15-37(22-58-3)24-61-26-39)43(17-48(52)56)28-60-14-8-13-54(65)66)9-6-11-46(35)47-12-7-10-42(36(47)2)34-72-53-21-51(70-32-40-16-38(23-59-4)25-62-27-40)44(18-49(53)57)29-63-30-45(64)19-55(67)68-5/h6-13,15-18,20-27,45,60,63-64H,14,19,28-34H2,1-5H3,(H,65,66)/b13-8-,58-22+,59-23-. The van der Waals surface area contributed by atoms with Crippen LogP contribution < -0.4 is 29.6 Å². The molecule has 0 radical (unpaired) electrons. The fourth-order valence-electron chi connectivity index (χ4n) is 7.60. The topological polar surface area (TPSA) is 195 Å². The Kier molecular flexibility index (Phi) is 20.7. The molecule has 0 aliphatic carbocycles. The van der Waals surface area contributed by atoms with Crippen LogP contribution in [0.25, 0.3) is 11.1 Å². The van der Waals surface area contributed by atoms with Crippen molar-refractivity contribution in [3.8, 4) is 34.1 Å². The molecule has 72 heavy (non-hydrogen) atoms. The van der Waals surface area contributed by atoms with E-state index in [-0.39, 0.29) is 45.9 Å². The van der Waals surface area contributed by atoms with E-state index in [9.17, 15) is 14.7 Å². The number of halogens is 2. The number of nitrogens with one attached hydrogen (secondary N) is 2. The quantitative estimate of drug-likeness (QED) is 0.0174. The van der Waals surface area contributed by atoms with Crippen LogP contribution in [0.15, 0.2) is 120 Å². The maximum atomic E-state index is 11.7. The average molecular weight is 1020 g/mol. The number of aromatic nitrogens is 2. The summed E-state index contributed by atoms with van der Waals surface area (Å²) in [7, 11) is 4.67. The number of carboxylic acid groups (broad SMARTS) is 1. The number of hydrogen-bond donors (Lipinski definition) is 4. The van der Waals surface area contributed by atoms with Crippen molar-refractivity contribution in [2.45, 2.75) is 65.9 Å². The minimum Gasteiger partial charge on any atom is -0.488 e. The molecule has 0 saturated heterocycles. The van der Waals surface area contributed by atoms with Gasteiger partial charge in [0.2, 0.25) is 0 Å². The molecule has 0 aliphatic heterocycles. The van der Waals surface area contributed by atoms with Gasteiger partial charge in [0.15, 0.2) is 0 Å². The van der Waals surface area contributed by atoms with Crippen molar-refractivity contribution in [1.82, 2.24) is 20.6 Å². The van der Waals surface area contributed by atoms with E-state index < -0.39 is 18.0 Å². The zero-order valence-corrected chi connectivity index (χ0v) is 42.3. The van der Waals surface area contributed by atoms with Gasteiger partial charge in [-0.15, -0.1) is 0 Å². The van der Waals surface area contributed by atoms with Crippen LogP contribution in [0.1, 0.15) is 62.1 Å².